The van der Waals surface area contributed by atoms with Crippen molar-refractivity contribution in [3.05, 3.63) is 71.8 Å². The van der Waals surface area contributed by atoms with E-state index in [1.54, 1.807) is 48.5 Å². The van der Waals surface area contributed by atoms with Gasteiger partial charge in [0.15, 0.2) is 11.6 Å². The summed E-state index contributed by atoms with van der Waals surface area (Å²) in [6.07, 6.45) is 0.0733. The molecule has 2 aromatic rings. The Balaban J connectivity index is 2.00. The molecule has 3 atom stereocenters. The third-order valence-electron chi connectivity index (χ3n) is 3.41. The summed E-state index contributed by atoms with van der Waals surface area (Å²) in [7, 11) is 0. The van der Waals surface area contributed by atoms with Gasteiger partial charge in [0.2, 0.25) is 0 Å². The van der Waals surface area contributed by atoms with E-state index in [9.17, 15) is 9.59 Å². The number of carbonyl (C=O) groups is 2. The van der Waals surface area contributed by atoms with Crippen molar-refractivity contribution in [2.45, 2.75) is 22.0 Å². The minimum absolute atomic E-state index is 0.0733. The van der Waals surface area contributed by atoms with Gasteiger partial charge in [-0.25, -0.2) is 0 Å². The van der Waals surface area contributed by atoms with Crippen molar-refractivity contribution in [3.8, 4) is 0 Å². The molecule has 0 N–H and O–H groups in total. The van der Waals surface area contributed by atoms with Crippen molar-refractivity contribution in [1.82, 2.24) is 0 Å². The van der Waals surface area contributed by atoms with Crippen molar-refractivity contribution in [1.29, 1.82) is 0 Å². The van der Waals surface area contributed by atoms with E-state index in [0.717, 1.165) is 0 Å². The molecule has 0 amide bonds. The van der Waals surface area contributed by atoms with E-state index in [-0.39, 0.29) is 18.0 Å². The maximum Gasteiger partial charge on any atom is 0.178 e. The standard InChI is InChI=1S/C18H15BrCl2O2/c19-16(18(23)13-9-5-2-6-10-13)17(21)14(20)11-15(22)12-7-3-1-4-8-12/h1-10,14,16-17H,11H2. The molecule has 23 heavy (non-hydrogen) atoms. The smallest absolute Gasteiger partial charge is 0.178 e. The maximum absolute atomic E-state index is 12.4. The van der Waals surface area contributed by atoms with E-state index in [2.05, 4.69) is 15.9 Å². The highest BCUT2D eigenvalue weighted by molar-refractivity contribution is 9.10. The molecule has 0 saturated heterocycles. The van der Waals surface area contributed by atoms with Crippen molar-refractivity contribution >= 4 is 50.7 Å². The molecular weight excluding hydrogens is 399 g/mol. The van der Waals surface area contributed by atoms with Crippen LogP contribution in [0.4, 0.5) is 0 Å². The molecule has 2 aromatic carbocycles. The number of hydrogen-bond acceptors (Lipinski definition) is 2. The quantitative estimate of drug-likeness (QED) is 0.466. The van der Waals surface area contributed by atoms with Crippen LogP contribution in [0.5, 0.6) is 0 Å². The van der Waals surface area contributed by atoms with Gasteiger partial charge in [-0.05, 0) is 0 Å². The Morgan fingerprint density at radius 1 is 0.870 bits per heavy atom. The second-order valence-electron chi connectivity index (χ2n) is 5.09. The number of ketones is 2. The third kappa shape index (κ3) is 4.90. The zero-order chi connectivity index (χ0) is 16.8. The molecule has 2 nitrogen and oxygen atoms in total. The topological polar surface area (TPSA) is 34.1 Å². The van der Waals surface area contributed by atoms with Crippen molar-refractivity contribution in [2.75, 3.05) is 0 Å². The second-order valence-corrected chi connectivity index (χ2v) is 7.14. The zero-order valence-corrected chi connectivity index (χ0v) is 15.3. The highest BCUT2D eigenvalue weighted by atomic mass is 79.9. The van der Waals surface area contributed by atoms with E-state index >= 15 is 0 Å². The van der Waals surface area contributed by atoms with E-state index < -0.39 is 15.6 Å². The number of benzene rings is 2. The van der Waals surface area contributed by atoms with Gasteiger partial charge in [-0.2, -0.15) is 0 Å². The molecule has 5 heteroatoms. The first-order valence-corrected chi connectivity index (χ1v) is 8.89. The summed E-state index contributed by atoms with van der Waals surface area (Å²) >= 11 is 15.9. The van der Waals surface area contributed by atoms with Gasteiger partial charge in [-0.1, -0.05) is 76.6 Å². The van der Waals surface area contributed by atoms with E-state index in [1.807, 2.05) is 12.1 Å². The monoisotopic (exact) mass is 412 g/mol. The Bertz CT molecular complexity index is 661. The number of carbonyl (C=O) groups excluding carboxylic acids is 2. The average Bonchev–Trinajstić information content (AvgIpc) is 2.61. The largest absolute Gasteiger partial charge is 0.294 e. The molecule has 3 unspecified atom stereocenters. The van der Waals surface area contributed by atoms with Crippen molar-refractivity contribution < 1.29 is 9.59 Å². The van der Waals surface area contributed by atoms with Crippen LogP contribution >= 0.6 is 39.1 Å². The molecule has 0 fully saturated rings. The lowest BCUT2D eigenvalue weighted by Gasteiger charge is -2.20. The van der Waals surface area contributed by atoms with E-state index in [1.165, 1.54) is 0 Å². The number of halogens is 3. The molecule has 0 aliphatic carbocycles. The Morgan fingerprint density at radius 2 is 1.35 bits per heavy atom. The summed E-state index contributed by atoms with van der Waals surface area (Å²) in [6, 6.07) is 17.7. The maximum atomic E-state index is 12.4. The van der Waals surface area contributed by atoms with Crippen LogP contribution in [0.3, 0.4) is 0 Å². The average molecular weight is 414 g/mol. The Hall–Kier alpha value is -1.16. The van der Waals surface area contributed by atoms with Crippen LogP contribution < -0.4 is 0 Å². The summed E-state index contributed by atoms with van der Waals surface area (Å²) < 4.78 is 0. The fraction of sp³-hybridized carbons (Fsp3) is 0.222. The van der Waals surface area contributed by atoms with Gasteiger partial charge < -0.3 is 0 Å². The van der Waals surface area contributed by atoms with Gasteiger partial charge in [-0.15, -0.1) is 23.2 Å². The summed E-state index contributed by atoms with van der Waals surface area (Å²) in [6.45, 7) is 0. The predicted octanol–water partition coefficient (Wildman–Crippen LogP) is 5.12. The summed E-state index contributed by atoms with van der Waals surface area (Å²) in [5.74, 6) is -0.244. The number of Topliss-reactive ketones (excluding diaryl/α,β-unsaturated/α-hetero) is 2. The van der Waals surface area contributed by atoms with Gasteiger partial charge in [0.1, 0.15) is 0 Å². The number of alkyl halides is 3. The van der Waals surface area contributed by atoms with Crippen molar-refractivity contribution in [3.63, 3.8) is 0 Å². The molecule has 0 radical (unpaired) electrons. The zero-order valence-electron chi connectivity index (χ0n) is 12.2. The fourth-order valence-electron chi connectivity index (χ4n) is 2.12. The van der Waals surface area contributed by atoms with E-state index in [0.29, 0.717) is 11.1 Å². The molecule has 0 aliphatic heterocycles. The van der Waals surface area contributed by atoms with Crippen LogP contribution in [0.15, 0.2) is 60.7 Å². The minimum atomic E-state index is -0.697. The van der Waals surface area contributed by atoms with Gasteiger partial charge in [0.05, 0.1) is 15.6 Å². The van der Waals surface area contributed by atoms with Gasteiger partial charge in [0.25, 0.3) is 0 Å². The second kappa shape index (κ2) is 8.62. The predicted molar refractivity (Wildman–Crippen MR) is 98.2 cm³/mol. The van der Waals surface area contributed by atoms with Crippen LogP contribution in [0.2, 0.25) is 0 Å². The molecule has 0 bridgehead atoms. The lowest BCUT2D eigenvalue weighted by Crippen LogP contribution is -2.33. The van der Waals surface area contributed by atoms with E-state index in [4.69, 9.17) is 23.2 Å². The first-order chi connectivity index (χ1) is 11.0. The van der Waals surface area contributed by atoms with Crippen LogP contribution in [0.1, 0.15) is 27.1 Å². The van der Waals surface area contributed by atoms with Gasteiger partial charge in [0, 0.05) is 17.5 Å². The molecule has 0 spiro atoms. The summed E-state index contributed by atoms with van der Waals surface area (Å²) in [5, 5.41) is -1.35. The molecule has 2 rings (SSSR count). The lowest BCUT2D eigenvalue weighted by atomic mass is 10.0. The first kappa shape index (κ1) is 18.2. The Morgan fingerprint density at radius 3 is 1.87 bits per heavy atom. The molecule has 120 valence electrons. The summed E-state index contributed by atoms with van der Waals surface area (Å²) in [4.78, 5) is 23.9. The molecule has 0 aliphatic rings. The Kier molecular flexibility index (Phi) is 6.82. The van der Waals surface area contributed by atoms with Crippen LogP contribution in [-0.4, -0.2) is 27.1 Å². The molecule has 0 heterocycles. The molecule has 0 aromatic heterocycles. The minimum Gasteiger partial charge on any atom is -0.294 e. The van der Waals surface area contributed by atoms with Crippen LogP contribution in [-0.2, 0) is 0 Å². The number of rotatable bonds is 7. The molecular formula is C18H15BrCl2O2. The normalized spacial score (nSPS) is 14.7. The number of hydrogen-bond donors (Lipinski definition) is 0. The third-order valence-corrected chi connectivity index (χ3v) is 5.81. The van der Waals surface area contributed by atoms with Crippen molar-refractivity contribution in [2.24, 2.45) is 0 Å². The SMILES string of the molecule is O=C(CC(Cl)C(Cl)C(Br)C(=O)c1ccccc1)c1ccccc1. The lowest BCUT2D eigenvalue weighted by molar-refractivity contribution is 0.0962. The first-order valence-electron chi connectivity index (χ1n) is 7.10. The Labute approximate surface area is 153 Å². The summed E-state index contributed by atoms with van der Waals surface area (Å²) in [5.41, 5.74) is 1.14. The van der Waals surface area contributed by atoms with Crippen LogP contribution in [0, 0.1) is 0 Å². The molecule has 0 saturated carbocycles. The van der Waals surface area contributed by atoms with Crippen LogP contribution in [0.25, 0.3) is 0 Å². The highest BCUT2D eigenvalue weighted by Gasteiger charge is 2.31. The fourth-order valence-corrected chi connectivity index (χ4v) is 3.42. The highest BCUT2D eigenvalue weighted by Crippen LogP contribution is 2.26. The van der Waals surface area contributed by atoms with Gasteiger partial charge >= 0.3 is 0 Å². The van der Waals surface area contributed by atoms with Gasteiger partial charge in [-0.3, -0.25) is 9.59 Å².